The van der Waals surface area contributed by atoms with Gasteiger partial charge in [0.1, 0.15) is 28.7 Å². The van der Waals surface area contributed by atoms with E-state index in [1.54, 1.807) is 0 Å². The van der Waals surface area contributed by atoms with E-state index in [4.69, 9.17) is 4.74 Å². The minimum absolute atomic E-state index is 0.0315. The molecule has 6 nitrogen and oxygen atoms in total. The molecule has 0 saturated heterocycles. The Balaban J connectivity index is 2.09. The fraction of sp³-hybridized carbons (Fsp3) is 0.133. The summed E-state index contributed by atoms with van der Waals surface area (Å²) in [6.07, 6.45) is -1.32. The van der Waals surface area contributed by atoms with Gasteiger partial charge in [-0.25, -0.2) is 0 Å². The molecule has 3 rings (SSSR count). The van der Waals surface area contributed by atoms with E-state index in [2.05, 4.69) is 0 Å². The van der Waals surface area contributed by atoms with Crippen molar-refractivity contribution in [2.45, 2.75) is 12.5 Å². The molecule has 4 N–H and O–H groups in total. The molecule has 1 aliphatic heterocycles. The highest BCUT2D eigenvalue weighted by Crippen LogP contribution is 2.43. The Kier molecular flexibility index (Phi) is 2.86. The molecule has 0 saturated carbocycles. The number of Topliss-reactive ketones (excluding diaryl/α,β-unsaturated/α-hetero) is 1. The van der Waals surface area contributed by atoms with Crippen LogP contribution in [0.3, 0.4) is 0 Å². The van der Waals surface area contributed by atoms with Gasteiger partial charge in [-0.1, -0.05) is 6.07 Å². The normalized spacial score (nSPS) is 17.1. The maximum Gasteiger partial charge on any atom is 0.189 e. The lowest BCUT2D eigenvalue weighted by atomic mass is 9.94. The molecule has 0 aromatic heterocycles. The first-order valence-corrected chi connectivity index (χ1v) is 6.22. The van der Waals surface area contributed by atoms with Crippen LogP contribution in [-0.2, 0) is 11.2 Å². The topological polar surface area (TPSA) is 107 Å². The van der Waals surface area contributed by atoms with Crippen molar-refractivity contribution in [2.75, 3.05) is 0 Å². The molecule has 2 aromatic carbocycles. The Morgan fingerprint density at radius 2 is 1.67 bits per heavy atom. The summed E-state index contributed by atoms with van der Waals surface area (Å²) in [7, 11) is 0. The number of hydrogen-bond donors (Lipinski definition) is 4. The average molecular weight is 288 g/mol. The highest BCUT2D eigenvalue weighted by Gasteiger charge is 2.34. The molecule has 1 atom stereocenters. The van der Waals surface area contributed by atoms with Gasteiger partial charge in [-0.05, 0) is 12.1 Å². The van der Waals surface area contributed by atoms with Crippen molar-refractivity contribution in [3.8, 4) is 28.7 Å². The molecule has 1 heterocycles. The van der Waals surface area contributed by atoms with Gasteiger partial charge in [0.05, 0.1) is 5.56 Å². The van der Waals surface area contributed by atoms with Crippen molar-refractivity contribution in [3.05, 3.63) is 41.5 Å². The van der Waals surface area contributed by atoms with Gasteiger partial charge >= 0.3 is 0 Å². The lowest BCUT2D eigenvalue weighted by Gasteiger charge is -2.26. The summed E-state index contributed by atoms with van der Waals surface area (Å²) >= 11 is 0. The molecular formula is C15H12O6. The number of phenolic OH excluding ortho intramolecular Hbond substituents is 4. The van der Waals surface area contributed by atoms with Crippen LogP contribution in [-0.4, -0.2) is 26.2 Å². The Labute approximate surface area is 119 Å². The molecule has 0 fully saturated rings. The molecule has 0 amide bonds. The van der Waals surface area contributed by atoms with E-state index in [0.717, 1.165) is 6.07 Å². The second-order valence-corrected chi connectivity index (χ2v) is 4.79. The summed E-state index contributed by atoms with van der Waals surface area (Å²) in [6, 6.07) is 6.49. The van der Waals surface area contributed by atoms with Gasteiger partial charge in [0.15, 0.2) is 11.9 Å². The molecule has 0 aliphatic carbocycles. The van der Waals surface area contributed by atoms with Crippen molar-refractivity contribution in [1.82, 2.24) is 0 Å². The minimum Gasteiger partial charge on any atom is -0.508 e. The van der Waals surface area contributed by atoms with Crippen LogP contribution in [0.1, 0.15) is 17.2 Å². The van der Waals surface area contributed by atoms with Gasteiger partial charge < -0.3 is 25.2 Å². The highest BCUT2D eigenvalue weighted by molar-refractivity contribution is 5.90. The fourth-order valence-electron chi connectivity index (χ4n) is 2.39. The average Bonchev–Trinajstić information content (AvgIpc) is 2.40. The van der Waals surface area contributed by atoms with E-state index in [0.29, 0.717) is 0 Å². The third kappa shape index (κ3) is 2.10. The van der Waals surface area contributed by atoms with Crippen LogP contribution in [0.5, 0.6) is 28.7 Å². The summed E-state index contributed by atoms with van der Waals surface area (Å²) in [6.45, 7) is 0. The van der Waals surface area contributed by atoms with Gasteiger partial charge in [0.25, 0.3) is 0 Å². The molecule has 6 heteroatoms. The summed E-state index contributed by atoms with van der Waals surface area (Å²) in [5, 5.41) is 38.9. The zero-order chi connectivity index (χ0) is 15.1. The zero-order valence-corrected chi connectivity index (χ0v) is 10.8. The van der Waals surface area contributed by atoms with Crippen LogP contribution in [0.2, 0.25) is 0 Å². The number of ketones is 1. The van der Waals surface area contributed by atoms with Crippen LogP contribution in [0.4, 0.5) is 0 Å². The number of benzene rings is 2. The number of rotatable bonds is 1. The van der Waals surface area contributed by atoms with Crippen LogP contribution < -0.4 is 4.74 Å². The quantitative estimate of drug-likeness (QED) is 0.637. The Morgan fingerprint density at radius 3 is 2.33 bits per heavy atom. The Hall–Kier alpha value is -2.89. The Morgan fingerprint density at radius 1 is 1.00 bits per heavy atom. The van der Waals surface area contributed by atoms with Crippen molar-refractivity contribution < 1.29 is 30.0 Å². The van der Waals surface area contributed by atoms with E-state index in [1.165, 1.54) is 24.3 Å². The predicted octanol–water partition coefficient (Wildman–Crippen LogP) is 1.75. The van der Waals surface area contributed by atoms with E-state index in [1.807, 2.05) is 0 Å². The molecule has 108 valence electrons. The van der Waals surface area contributed by atoms with Crippen LogP contribution in [0, 0.1) is 0 Å². The minimum atomic E-state index is -1.19. The van der Waals surface area contributed by atoms with Crippen LogP contribution in [0.25, 0.3) is 0 Å². The number of ether oxygens (including phenoxy) is 1. The van der Waals surface area contributed by atoms with Gasteiger partial charge in [0.2, 0.25) is 0 Å². The van der Waals surface area contributed by atoms with E-state index >= 15 is 0 Å². The SMILES string of the molecule is O=C1Cc2c(O)cc(O)cc2O[C@H]1c1c(O)cccc1O. The molecule has 0 spiro atoms. The van der Waals surface area contributed by atoms with Gasteiger partial charge in [-0.15, -0.1) is 0 Å². The van der Waals surface area contributed by atoms with Crippen molar-refractivity contribution in [1.29, 1.82) is 0 Å². The molecule has 1 aliphatic rings. The first-order chi connectivity index (χ1) is 9.97. The van der Waals surface area contributed by atoms with Crippen LogP contribution >= 0.6 is 0 Å². The maximum atomic E-state index is 12.2. The predicted molar refractivity (Wildman–Crippen MR) is 71.6 cm³/mol. The fourth-order valence-corrected chi connectivity index (χ4v) is 2.39. The molecule has 0 bridgehead atoms. The summed E-state index contributed by atoms with van der Waals surface area (Å²) < 4.78 is 5.46. The maximum absolute atomic E-state index is 12.2. The van der Waals surface area contributed by atoms with Crippen LogP contribution in [0.15, 0.2) is 30.3 Å². The molecule has 21 heavy (non-hydrogen) atoms. The smallest absolute Gasteiger partial charge is 0.189 e. The lowest BCUT2D eigenvalue weighted by molar-refractivity contribution is -0.126. The number of fused-ring (bicyclic) bond motifs is 1. The summed E-state index contributed by atoms with van der Waals surface area (Å²) in [5.74, 6) is -1.25. The van der Waals surface area contributed by atoms with Gasteiger partial charge in [-0.3, -0.25) is 4.79 Å². The highest BCUT2D eigenvalue weighted by atomic mass is 16.5. The van der Waals surface area contributed by atoms with E-state index in [-0.39, 0.29) is 46.3 Å². The number of carbonyl (C=O) groups excluding carboxylic acids is 1. The standard InChI is InChI=1S/C15H12O6/c16-7-4-11(19)8-6-12(20)15(21-13(8)5-7)14-9(17)2-1-3-10(14)18/h1-5,15-19H,6H2/t15-/m1/s1. The number of hydrogen-bond acceptors (Lipinski definition) is 6. The van der Waals surface area contributed by atoms with Crippen molar-refractivity contribution >= 4 is 5.78 Å². The number of aromatic hydroxyl groups is 4. The number of carbonyl (C=O) groups is 1. The first-order valence-electron chi connectivity index (χ1n) is 6.22. The molecule has 0 radical (unpaired) electrons. The van der Waals surface area contributed by atoms with Gasteiger partial charge in [0, 0.05) is 24.1 Å². The number of phenols is 4. The second-order valence-electron chi connectivity index (χ2n) is 4.79. The Bertz CT molecular complexity index is 717. The largest absolute Gasteiger partial charge is 0.508 e. The van der Waals surface area contributed by atoms with Crippen molar-refractivity contribution in [3.63, 3.8) is 0 Å². The van der Waals surface area contributed by atoms with Crippen molar-refractivity contribution in [2.24, 2.45) is 0 Å². The molecular weight excluding hydrogens is 276 g/mol. The zero-order valence-electron chi connectivity index (χ0n) is 10.8. The molecule has 2 aromatic rings. The van der Waals surface area contributed by atoms with E-state index in [9.17, 15) is 25.2 Å². The van der Waals surface area contributed by atoms with Gasteiger partial charge in [-0.2, -0.15) is 0 Å². The third-order valence-corrected chi connectivity index (χ3v) is 3.38. The lowest BCUT2D eigenvalue weighted by Crippen LogP contribution is -2.26. The summed E-state index contributed by atoms with van der Waals surface area (Å²) in [4.78, 5) is 12.2. The second kappa shape index (κ2) is 4.59. The third-order valence-electron chi connectivity index (χ3n) is 3.38. The molecule has 0 unspecified atom stereocenters. The van der Waals surface area contributed by atoms with E-state index < -0.39 is 11.9 Å². The monoisotopic (exact) mass is 288 g/mol. The first kappa shape index (κ1) is 13.1. The summed E-state index contributed by atoms with van der Waals surface area (Å²) in [5.41, 5.74) is 0.236.